The van der Waals surface area contributed by atoms with Crippen LogP contribution in [0.15, 0.2) is 23.2 Å². The van der Waals surface area contributed by atoms with Gasteiger partial charge in [0.1, 0.15) is 0 Å². The normalized spacial score (nSPS) is 13.7. The first-order valence-electron chi connectivity index (χ1n) is 3.51. The van der Waals surface area contributed by atoms with E-state index in [-0.39, 0.29) is 0 Å². The van der Waals surface area contributed by atoms with Gasteiger partial charge in [0, 0.05) is 5.56 Å². The monoisotopic (exact) mass is 144 g/mol. The Balaban J connectivity index is 2.66. The SMILES string of the molecule is Cc1ccc2c(c1)N=CC2=N. The van der Waals surface area contributed by atoms with Crippen LogP contribution >= 0.6 is 0 Å². The molecule has 1 aliphatic heterocycles. The molecule has 0 radical (unpaired) electrons. The Labute approximate surface area is 65.1 Å². The van der Waals surface area contributed by atoms with Crippen LogP contribution in [0.25, 0.3) is 0 Å². The smallest absolute Gasteiger partial charge is 0.0816 e. The van der Waals surface area contributed by atoms with Gasteiger partial charge in [0.15, 0.2) is 0 Å². The highest BCUT2D eigenvalue weighted by Gasteiger charge is 2.10. The van der Waals surface area contributed by atoms with E-state index in [0.29, 0.717) is 5.71 Å². The summed E-state index contributed by atoms with van der Waals surface area (Å²) in [5.74, 6) is 0. The van der Waals surface area contributed by atoms with Crippen molar-refractivity contribution in [2.45, 2.75) is 6.92 Å². The van der Waals surface area contributed by atoms with Crippen LogP contribution in [-0.4, -0.2) is 11.9 Å². The van der Waals surface area contributed by atoms with Gasteiger partial charge >= 0.3 is 0 Å². The van der Waals surface area contributed by atoms with Crippen molar-refractivity contribution in [1.82, 2.24) is 0 Å². The standard InChI is InChI=1S/C9H8N2/c1-6-2-3-7-8(10)5-11-9(7)4-6/h2-5,10H,1H3. The second kappa shape index (κ2) is 2.02. The molecular formula is C9H8N2. The Morgan fingerprint density at radius 1 is 1.36 bits per heavy atom. The van der Waals surface area contributed by atoms with E-state index in [2.05, 4.69) is 4.99 Å². The minimum atomic E-state index is 0.514. The zero-order valence-electron chi connectivity index (χ0n) is 6.26. The van der Waals surface area contributed by atoms with E-state index >= 15 is 0 Å². The van der Waals surface area contributed by atoms with Crippen LogP contribution in [0.1, 0.15) is 11.1 Å². The van der Waals surface area contributed by atoms with Crippen molar-refractivity contribution in [3.8, 4) is 0 Å². The molecule has 2 nitrogen and oxygen atoms in total. The predicted molar refractivity (Wildman–Crippen MR) is 46.2 cm³/mol. The minimum absolute atomic E-state index is 0.514. The van der Waals surface area contributed by atoms with Gasteiger partial charge in [0.2, 0.25) is 0 Å². The lowest BCUT2D eigenvalue weighted by Crippen LogP contribution is -1.93. The average Bonchev–Trinajstić information content (AvgIpc) is 2.32. The van der Waals surface area contributed by atoms with Crippen molar-refractivity contribution in [2.24, 2.45) is 4.99 Å². The van der Waals surface area contributed by atoms with E-state index in [1.807, 2.05) is 25.1 Å². The van der Waals surface area contributed by atoms with E-state index in [0.717, 1.165) is 11.3 Å². The first-order valence-corrected chi connectivity index (χ1v) is 3.51. The summed E-state index contributed by atoms with van der Waals surface area (Å²) >= 11 is 0. The lowest BCUT2D eigenvalue weighted by molar-refractivity contribution is 1.43. The Kier molecular flexibility index (Phi) is 1.15. The molecule has 2 rings (SSSR count). The summed E-state index contributed by atoms with van der Waals surface area (Å²) in [4.78, 5) is 4.09. The first kappa shape index (κ1) is 6.28. The third-order valence-electron chi connectivity index (χ3n) is 1.78. The summed E-state index contributed by atoms with van der Waals surface area (Å²) in [6.07, 6.45) is 1.59. The quantitative estimate of drug-likeness (QED) is 0.578. The van der Waals surface area contributed by atoms with Gasteiger partial charge in [-0.2, -0.15) is 0 Å². The number of nitrogens with zero attached hydrogens (tertiary/aromatic N) is 1. The van der Waals surface area contributed by atoms with Gasteiger partial charge in [0.05, 0.1) is 17.6 Å². The Hall–Kier alpha value is -1.44. The van der Waals surface area contributed by atoms with E-state index in [1.165, 1.54) is 5.56 Å². The van der Waals surface area contributed by atoms with Gasteiger partial charge in [-0.25, -0.2) is 0 Å². The first-order chi connectivity index (χ1) is 5.27. The predicted octanol–water partition coefficient (Wildman–Crippen LogP) is 2.08. The van der Waals surface area contributed by atoms with Crippen LogP contribution in [0.4, 0.5) is 5.69 Å². The fourth-order valence-corrected chi connectivity index (χ4v) is 1.18. The van der Waals surface area contributed by atoms with Crippen LogP contribution in [0, 0.1) is 12.3 Å². The van der Waals surface area contributed by atoms with E-state index in [9.17, 15) is 0 Å². The fraction of sp³-hybridized carbons (Fsp3) is 0.111. The van der Waals surface area contributed by atoms with Crippen molar-refractivity contribution in [3.63, 3.8) is 0 Å². The molecule has 1 aromatic rings. The maximum Gasteiger partial charge on any atom is 0.0816 e. The molecule has 1 aliphatic rings. The zero-order valence-corrected chi connectivity index (χ0v) is 6.26. The van der Waals surface area contributed by atoms with Gasteiger partial charge in [-0.1, -0.05) is 12.1 Å². The third-order valence-corrected chi connectivity index (χ3v) is 1.78. The highest BCUT2D eigenvalue weighted by atomic mass is 14.8. The van der Waals surface area contributed by atoms with Crippen molar-refractivity contribution < 1.29 is 0 Å². The Morgan fingerprint density at radius 3 is 3.00 bits per heavy atom. The molecule has 0 saturated carbocycles. The number of hydrogen-bond acceptors (Lipinski definition) is 2. The Morgan fingerprint density at radius 2 is 2.18 bits per heavy atom. The van der Waals surface area contributed by atoms with Crippen molar-refractivity contribution >= 4 is 17.6 Å². The molecule has 0 spiro atoms. The van der Waals surface area contributed by atoms with Gasteiger partial charge < -0.3 is 0 Å². The average molecular weight is 144 g/mol. The van der Waals surface area contributed by atoms with Crippen molar-refractivity contribution in [3.05, 3.63) is 29.3 Å². The molecule has 0 bridgehead atoms. The number of aryl methyl sites for hydroxylation is 1. The van der Waals surface area contributed by atoms with E-state index < -0.39 is 0 Å². The number of hydrogen-bond donors (Lipinski definition) is 1. The Bertz CT molecular complexity index is 351. The number of benzene rings is 1. The highest BCUT2D eigenvalue weighted by Crippen LogP contribution is 2.24. The minimum Gasteiger partial charge on any atom is -0.299 e. The summed E-state index contributed by atoms with van der Waals surface area (Å²) in [6, 6.07) is 5.94. The van der Waals surface area contributed by atoms with E-state index in [4.69, 9.17) is 5.41 Å². The van der Waals surface area contributed by atoms with Crippen LogP contribution in [0.2, 0.25) is 0 Å². The lowest BCUT2D eigenvalue weighted by atomic mass is 10.1. The molecule has 11 heavy (non-hydrogen) atoms. The maximum atomic E-state index is 7.45. The zero-order chi connectivity index (χ0) is 7.84. The molecule has 0 aliphatic carbocycles. The molecule has 0 amide bonds. The lowest BCUT2D eigenvalue weighted by Gasteiger charge is -1.96. The maximum absolute atomic E-state index is 7.45. The van der Waals surface area contributed by atoms with Gasteiger partial charge in [-0.15, -0.1) is 0 Å². The molecule has 1 heterocycles. The second-order valence-electron chi connectivity index (χ2n) is 2.69. The summed E-state index contributed by atoms with van der Waals surface area (Å²) in [5, 5.41) is 7.45. The van der Waals surface area contributed by atoms with Crippen molar-refractivity contribution in [2.75, 3.05) is 0 Å². The highest BCUT2D eigenvalue weighted by molar-refractivity contribution is 6.41. The summed E-state index contributed by atoms with van der Waals surface area (Å²) in [6.45, 7) is 2.03. The van der Waals surface area contributed by atoms with Crippen LogP contribution in [0.3, 0.4) is 0 Å². The molecule has 0 saturated heterocycles. The van der Waals surface area contributed by atoms with Gasteiger partial charge in [0.25, 0.3) is 0 Å². The fourth-order valence-electron chi connectivity index (χ4n) is 1.18. The summed E-state index contributed by atoms with van der Waals surface area (Å²) in [5.41, 5.74) is 3.57. The number of rotatable bonds is 0. The molecule has 1 aromatic carbocycles. The summed E-state index contributed by atoms with van der Waals surface area (Å²) < 4.78 is 0. The second-order valence-corrected chi connectivity index (χ2v) is 2.69. The molecule has 0 fully saturated rings. The van der Waals surface area contributed by atoms with Crippen LogP contribution < -0.4 is 0 Å². The van der Waals surface area contributed by atoms with Gasteiger partial charge in [-0.3, -0.25) is 10.4 Å². The third kappa shape index (κ3) is 0.871. The van der Waals surface area contributed by atoms with Gasteiger partial charge in [-0.05, 0) is 18.6 Å². The van der Waals surface area contributed by atoms with Crippen LogP contribution in [0.5, 0.6) is 0 Å². The molecule has 1 N–H and O–H groups in total. The van der Waals surface area contributed by atoms with Crippen molar-refractivity contribution in [1.29, 1.82) is 5.41 Å². The summed E-state index contributed by atoms with van der Waals surface area (Å²) in [7, 11) is 0. The van der Waals surface area contributed by atoms with E-state index in [1.54, 1.807) is 6.21 Å². The van der Waals surface area contributed by atoms with Crippen LogP contribution in [-0.2, 0) is 0 Å². The molecule has 54 valence electrons. The number of aliphatic imine (C=N–C) groups is 1. The number of nitrogens with one attached hydrogen (secondary N) is 1. The molecular weight excluding hydrogens is 136 g/mol. The molecule has 2 heteroatoms. The largest absolute Gasteiger partial charge is 0.299 e. The topological polar surface area (TPSA) is 36.2 Å². The molecule has 0 unspecified atom stereocenters. The molecule has 0 aromatic heterocycles. The molecule has 0 atom stereocenters. The number of fused-ring (bicyclic) bond motifs is 1.